The van der Waals surface area contributed by atoms with Gasteiger partial charge < -0.3 is 10.1 Å². The van der Waals surface area contributed by atoms with Crippen molar-refractivity contribution in [3.63, 3.8) is 0 Å². The van der Waals surface area contributed by atoms with Gasteiger partial charge in [-0.25, -0.2) is 14.2 Å². The molecule has 2 aromatic heterocycles. The molecule has 0 atom stereocenters. The summed E-state index contributed by atoms with van der Waals surface area (Å²) in [5.74, 6) is -1.76. The van der Waals surface area contributed by atoms with Gasteiger partial charge in [-0.3, -0.25) is 14.2 Å². The van der Waals surface area contributed by atoms with E-state index in [0.29, 0.717) is 4.83 Å². The van der Waals surface area contributed by atoms with E-state index in [2.05, 4.69) is 10.3 Å². The summed E-state index contributed by atoms with van der Waals surface area (Å²) in [7, 11) is 0. The molecule has 0 aliphatic heterocycles. The standard InChI is InChI=1S/C19H18FN3O4S/c1-2-3-8-27-19(26)12-10-28-17-16(12)18(25)23(11-21-17)9-15(24)22-14-7-5-4-6-13(14)20/h4-7,10-11H,2-3,8-9H2,1H3,(H,22,24). The normalized spacial score (nSPS) is 10.8. The van der Waals surface area contributed by atoms with Crippen LogP contribution >= 0.6 is 11.3 Å². The second kappa shape index (κ2) is 8.75. The minimum Gasteiger partial charge on any atom is -0.462 e. The molecule has 0 saturated heterocycles. The average Bonchev–Trinajstić information content (AvgIpc) is 3.11. The molecule has 0 aliphatic rings. The van der Waals surface area contributed by atoms with Crippen molar-refractivity contribution in [1.82, 2.24) is 9.55 Å². The van der Waals surface area contributed by atoms with Crippen LogP contribution in [-0.4, -0.2) is 28.0 Å². The summed E-state index contributed by atoms with van der Waals surface area (Å²) in [5, 5.41) is 4.05. The Labute approximate surface area is 163 Å². The lowest BCUT2D eigenvalue weighted by molar-refractivity contribution is -0.116. The van der Waals surface area contributed by atoms with Crippen molar-refractivity contribution in [2.75, 3.05) is 11.9 Å². The molecule has 2 heterocycles. The van der Waals surface area contributed by atoms with Crippen LogP contribution in [0.3, 0.4) is 0 Å². The number of anilines is 1. The number of carbonyl (C=O) groups is 2. The molecular formula is C19H18FN3O4S. The molecule has 0 bridgehead atoms. The summed E-state index contributed by atoms with van der Waals surface area (Å²) in [6, 6.07) is 5.73. The largest absolute Gasteiger partial charge is 0.462 e. The number of nitrogens with one attached hydrogen (secondary N) is 1. The lowest BCUT2D eigenvalue weighted by Crippen LogP contribution is -2.28. The Morgan fingerprint density at radius 2 is 2.11 bits per heavy atom. The first-order chi connectivity index (χ1) is 13.5. The zero-order valence-corrected chi connectivity index (χ0v) is 15.9. The lowest BCUT2D eigenvalue weighted by Gasteiger charge is -2.08. The van der Waals surface area contributed by atoms with Gasteiger partial charge in [-0.1, -0.05) is 25.5 Å². The third-order valence-corrected chi connectivity index (χ3v) is 4.86. The van der Waals surface area contributed by atoms with E-state index in [4.69, 9.17) is 4.74 Å². The molecule has 1 amide bonds. The maximum absolute atomic E-state index is 13.7. The van der Waals surface area contributed by atoms with E-state index in [1.54, 1.807) is 6.07 Å². The predicted molar refractivity (Wildman–Crippen MR) is 104 cm³/mol. The highest BCUT2D eigenvalue weighted by atomic mass is 32.1. The molecule has 28 heavy (non-hydrogen) atoms. The number of hydrogen-bond donors (Lipinski definition) is 1. The molecule has 0 spiro atoms. The highest BCUT2D eigenvalue weighted by Gasteiger charge is 2.19. The second-order valence-corrected chi connectivity index (χ2v) is 6.88. The van der Waals surface area contributed by atoms with Crippen molar-refractivity contribution in [3.8, 4) is 0 Å². The van der Waals surface area contributed by atoms with Gasteiger partial charge in [0, 0.05) is 5.38 Å². The number of fused-ring (bicyclic) bond motifs is 1. The number of rotatable bonds is 7. The minimum absolute atomic E-state index is 0.0188. The molecule has 7 nitrogen and oxygen atoms in total. The molecule has 0 saturated carbocycles. The maximum atomic E-state index is 13.7. The number of unbranched alkanes of at least 4 members (excludes halogenated alkanes) is 1. The van der Waals surface area contributed by atoms with Gasteiger partial charge in [0.15, 0.2) is 0 Å². The average molecular weight is 403 g/mol. The number of aromatic nitrogens is 2. The van der Waals surface area contributed by atoms with Gasteiger partial charge in [0.25, 0.3) is 5.56 Å². The summed E-state index contributed by atoms with van der Waals surface area (Å²) in [4.78, 5) is 41.7. The van der Waals surface area contributed by atoms with E-state index in [9.17, 15) is 18.8 Å². The van der Waals surface area contributed by atoms with E-state index in [-0.39, 0.29) is 29.8 Å². The van der Waals surface area contributed by atoms with Crippen molar-refractivity contribution in [1.29, 1.82) is 0 Å². The predicted octanol–water partition coefficient (Wildman–Crippen LogP) is 3.19. The van der Waals surface area contributed by atoms with Crippen LogP contribution in [0.5, 0.6) is 0 Å². The van der Waals surface area contributed by atoms with E-state index in [0.717, 1.165) is 28.7 Å². The zero-order valence-electron chi connectivity index (χ0n) is 15.1. The van der Waals surface area contributed by atoms with Crippen LogP contribution < -0.4 is 10.9 Å². The van der Waals surface area contributed by atoms with Gasteiger partial charge >= 0.3 is 5.97 Å². The van der Waals surface area contributed by atoms with E-state index in [1.165, 1.54) is 29.9 Å². The zero-order chi connectivity index (χ0) is 20.1. The number of para-hydroxylation sites is 1. The first-order valence-electron chi connectivity index (χ1n) is 8.69. The summed E-state index contributed by atoms with van der Waals surface area (Å²) < 4.78 is 19.9. The minimum atomic E-state index is -0.591. The van der Waals surface area contributed by atoms with Gasteiger partial charge in [-0.2, -0.15) is 0 Å². The highest BCUT2D eigenvalue weighted by molar-refractivity contribution is 7.17. The summed E-state index contributed by atoms with van der Waals surface area (Å²) in [6.45, 7) is 1.88. The fourth-order valence-electron chi connectivity index (χ4n) is 2.52. The number of esters is 1. The number of ether oxygens (including phenoxy) is 1. The fraction of sp³-hybridized carbons (Fsp3) is 0.263. The van der Waals surface area contributed by atoms with Gasteiger partial charge in [-0.05, 0) is 18.6 Å². The lowest BCUT2D eigenvalue weighted by atomic mass is 10.2. The Morgan fingerprint density at radius 3 is 2.86 bits per heavy atom. The van der Waals surface area contributed by atoms with Crippen LogP contribution in [0.4, 0.5) is 10.1 Å². The monoisotopic (exact) mass is 403 g/mol. The van der Waals surface area contributed by atoms with Gasteiger partial charge in [0.05, 0.1) is 29.6 Å². The maximum Gasteiger partial charge on any atom is 0.339 e. The molecule has 1 aromatic carbocycles. The van der Waals surface area contributed by atoms with Crippen LogP contribution in [0.15, 0.2) is 40.8 Å². The smallest absolute Gasteiger partial charge is 0.339 e. The number of nitrogens with zero attached hydrogens (tertiary/aromatic N) is 2. The van der Waals surface area contributed by atoms with Crippen molar-refractivity contribution in [2.24, 2.45) is 0 Å². The number of thiophene rings is 1. The Bertz CT molecular complexity index is 1080. The van der Waals surface area contributed by atoms with Crippen LogP contribution in [0.1, 0.15) is 30.1 Å². The fourth-order valence-corrected chi connectivity index (χ4v) is 3.39. The Balaban J connectivity index is 1.82. The summed E-state index contributed by atoms with van der Waals surface area (Å²) in [5.41, 5.74) is -0.375. The Hall–Kier alpha value is -3.07. The molecule has 0 fully saturated rings. The number of amides is 1. The molecule has 146 valence electrons. The van der Waals surface area contributed by atoms with E-state index < -0.39 is 23.3 Å². The third-order valence-electron chi connectivity index (χ3n) is 3.97. The Morgan fingerprint density at radius 1 is 1.32 bits per heavy atom. The number of benzene rings is 1. The number of hydrogen-bond acceptors (Lipinski definition) is 6. The van der Waals surface area contributed by atoms with Crippen LogP contribution in [0, 0.1) is 5.82 Å². The van der Waals surface area contributed by atoms with Gasteiger partial charge in [0.1, 0.15) is 17.2 Å². The van der Waals surface area contributed by atoms with Crippen molar-refractivity contribution in [3.05, 3.63) is 57.7 Å². The summed E-state index contributed by atoms with van der Waals surface area (Å²) in [6.07, 6.45) is 2.84. The van der Waals surface area contributed by atoms with Crippen molar-refractivity contribution >= 4 is 39.1 Å². The molecule has 0 radical (unpaired) electrons. The molecule has 9 heteroatoms. The van der Waals surface area contributed by atoms with Gasteiger partial charge in [0.2, 0.25) is 5.91 Å². The van der Waals surface area contributed by atoms with E-state index in [1.807, 2.05) is 6.92 Å². The molecule has 3 aromatic rings. The molecule has 1 N–H and O–H groups in total. The molecular weight excluding hydrogens is 385 g/mol. The van der Waals surface area contributed by atoms with Crippen LogP contribution in [0.2, 0.25) is 0 Å². The second-order valence-electron chi connectivity index (χ2n) is 6.02. The third kappa shape index (κ3) is 4.25. The number of halogens is 1. The Kier molecular flexibility index (Phi) is 6.15. The first kappa shape index (κ1) is 19.7. The molecule has 0 unspecified atom stereocenters. The quantitative estimate of drug-likeness (QED) is 0.483. The summed E-state index contributed by atoms with van der Waals surface area (Å²) >= 11 is 1.15. The SMILES string of the molecule is CCCCOC(=O)c1csc2ncn(CC(=O)Nc3ccccc3F)c(=O)c12. The topological polar surface area (TPSA) is 90.3 Å². The van der Waals surface area contributed by atoms with Crippen molar-refractivity contribution in [2.45, 2.75) is 26.3 Å². The highest BCUT2D eigenvalue weighted by Crippen LogP contribution is 2.21. The van der Waals surface area contributed by atoms with Crippen molar-refractivity contribution < 1.29 is 18.7 Å². The molecule has 3 rings (SSSR count). The van der Waals surface area contributed by atoms with Crippen LogP contribution in [0.25, 0.3) is 10.2 Å². The first-order valence-corrected chi connectivity index (χ1v) is 9.57. The number of carbonyl (C=O) groups excluding carboxylic acids is 2. The van der Waals surface area contributed by atoms with E-state index >= 15 is 0 Å². The van der Waals surface area contributed by atoms with Gasteiger partial charge in [-0.15, -0.1) is 11.3 Å². The van der Waals surface area contributed by atoms with Crippen LogP contribution in [-0.2, 0) is 16.1 Å². The molecule has 0 aliphatic carbocycles.